The fourth-order valence-corrected chi connectivity index (χ4v) is 2.58. The molecule has 0 saturated carbocycles. The van der Waals surface area contributed by atoms with Crippen molar-refractivity contribution in [1.82, 2.24) is 4.98 Å². The molecule has 2 rings (SSSR count). The van der Waals surface area contributed by atoms with Gasteiger partial charge < -0.3 is 15.5 Å². The van der Waals surface area contributed by atoms with Crippen LogP contribution in [0.4, 0.5) is 0 Å². The molecule has 2 aromatic rings. The Morgan fingerprint density at radius 2 is 2.00 bits per heavy atom. The zero-order valence-electron chi connectivity index (χ0n) is 14.6. The van der Waals surface area contributed by atoms with Crippen molar-refractivity contribution in [2.75, 3.05) is 25.5 Å². The third-order valence-electron chi connectivity index (χ3n) is 3.71. The zero-order valence-corrected chi connectivity index (χ0v) is 15.5. The van der Waals surface area contributed by atoms with Gasteiger partial charge in [0.15, 0.2) is 0 Å². The summed E-state index contributed by atoms with van der Waals surface area (Å²) in [5.74, 6) is 0.841. The van der Waals surface area contributed by atoms with Crippen LogP contribution in [0.2, 0.25) is 0 Å². The number of H-pyrrole nitrogens is 1. The van der Waals surface area contributed by atoms with Crippen molar-refractivity contribution in [3.05, 3.63) is 35.5 Å². The smallest absolute Gasteiger partial charge is 0.0554 e. The molecule has 0 aliphatic heterocycles. The number of aromatic amines is 1. The van der Waals surface area contributed by atoms with Crippen molar-refractivity contribution in [1.29, 1.82) is 0 Å². The number of aromatic nitrogens is 1. The highest BCUT2D eigenvalue weighted by Gasteiger charge is 2.01. The van der Waals surface area contributed by atoms with E-state index in [1.54, 1.807) is 0 Å². The molecule has 0 saturated heterocycles. The van der Waals surface area contributed by atoms with Crippen LogP contribution in [0.15, 0.2) is 24.4 Å². The van der Waals surface area contributed by atoms with E-state index in [0.29, 0.717) is 6.54 Å². The second-order valence-electron chi connectivity index (χ2n) is 5.80. The molecule has 0 fully saturated rings. The number of nitrogens with two attached hydrogens (primary N) is 1. The number of hydrogen-bond donors (Lipinski definition) is 3. The molecule has 3 N–H and O–H groups in total. The maximum Gasteiger partial charge on any atom is 0.0554 e. The minimum absolute atomic E-state index is 0.709. The number of nitrogens with one attached hydrogen (secondary N) is 1. The fraction of sp³-hybridized carbons (Fsp3) is 0.579. The van der Waals surface area contributed by atoms with Crippen LogP contribution in [0.1, 0.15) is 43.7 Å². The monoisotopic (exact) mass is 336 g/mol. The Morgan fingerprint density at radius 1 is 1.17 bits per heavy atom. The lowest BCUT2D eigenvalue weighted by Gasteiger charge is -2.00. The molecule has 1 aromatic carbocycles. The lowest BCUT2D eigenvalue weighted by molar-refractivity contribution is 0.145. The van der Waals surface area contributed by atoms with Crippen molar-refractivity contribution >= 4 is 23.5 Å². The predicted octanol–water partition coefficient (Wildman–Crippen LogP) is 4.49. The van der Waals surface area contributed by atoms with Crippen molar-refractivity contribution in [2.45, 2.75) is 46.0 Å². The molecule has 0 aliphatic rings. The zero-order chi connectivity index (χ0) is 16.9. The lowest BCUT2D eigenvalue weighted by atomic mass is 10.1. The number of thiol groups is 1. The SMILES string of the molecule is CCCCCCOCCS.Cc1ccc2[nH]cc(CCN)c2c1. The number of rotatable bonds is 9. The highest BCUT2D eigenvalue weighted by Crippen LogP contribution is 2.19. The topological polar surface area (TPSA) is 51.0 Å². The molecule has 0 spiro atoms. The molecule has 3 nitrogen and oxygen atoms in total. The summed E-state index contributed by atoms with van der Waals surface area (Å²) < 4.78 is 5.25. The van der Waals surface area contributed by atoms with E-state index in [1.807, 2.05) is 0 Å². The molecule has 1 heterocycles. The number of unbranched alkanes of at least 4 members (excludes halogenated alkanes) is 3. The van der Waals surface area contributed by atoms with Crippen LogP contribution in [-0.4, -0.2) is 30.5 Å². The maximum atomic E-state index is 5.53. The van der Waals surface area contributed by atoms with Crippen LogP contribution in [0, 0.1) is 6.92 Å². The van der Waals surface area contributed by atoms with Crippen LogP contribution in [0.25, 0.3) is 10.9 Å². The van der Waals surface area contributed by atoms with Gasteiger partial charge in [-0.15, -0.1) is 0 Å². The summed E-state index contributed by atoms with van der Waals surface area (Å²) in [7, 11) is 0. The van der Waals surface area contributed by atoms with Crippen LogP contribution in [0.5, 0.6) is 0 Å². The molecule has 0 radical (unpaired) electrons. The van der Waals surface area contributed by atoms with Crippen molar-refractivity contribution in [3.8, 4) is 0 Å². The van der Waals surface area contributed by atoms with Crippen molar-refractivity contribution < 1.29 is 4.74 Å². The summed E-state index contributed by atoms with van der Waals surface area (Å²) in [4.78, 5) is 3.24. The second kappa shape index (κ2) is 12.5. The van der Waals surface area contributed by atoms with E-state index in [0.717, 1.165) is 25.4 Å². The predicted molar refractivity (Wildman–Crippen MR) is 105 cm³/mol. The Morgan fingerprint density at radius 3 is 2.70 bits per heavy atom. The second-order valence-corrected chi connectivity index (χ2v) is 6.25. The largest absolute Gasteiger partial charge is 0.381 e. The molecule has 1 aromatic heterocycles. The lowest BCUT2D eigenvalue weighted by Crippen LogP contribution is -2.01. The molecule has 0 aliphatic carbocycles. The minimum Gasteiger partial charge on any atom is -0.381 e. The summed E-state index contributed by atoms with van der Waals surface area (Å²) in [5, 5.41) is 1.31. The summed E-state index contributed by atoms with van der Waals surface area (Å²) in [6.07, 6.45) is 8.15. The number of hydrogen-bond acceptors (Lipinski definition) is 3. The van der Waals surface area contributed by atoms with Crippen molar-refractivity contribution in [3.63, 3.8) is 0 Å². The molecule has 0 amide bonds. The average molecular weight is 337 g/mol. The van der Waals surface area contributed by atoms with Crippen LogP contribution >= 0.6 is 12.6 Å². The Balaban J connectivity index is 0.000000241. The van der Waals surface area contributed by atoms with Gasteiger partial charge in [-0.1, -0.05) is 37.8 Å². The Kier molecular flexibility index (Phi) is 10.9. The van der Waals surface area contributed by atoms with Gasteiger partial charge in [0.2, 0.25) is 0 Å². The van der Waals surface area contributed by atoms with E-state index in [2.05, 4.69) is 55.9 Å². The first kappa shape index (κ1) is 20.1. The maximum absolute atomic E-state index is 5.53. The highest BCUT2D eigenvalue weighted by molar-refractivity contribution is 7.80. The Labute approximate surface area is 146 Å². The summed E-state index contributed by atoms with van der Waals surface area (Å²) >= 11 is 4.04. The highest BCUT2D eigenvalue weighted by atomic mass is 32.1. The summed E-state index contributed by atoms with van der Waals surface area (Å²) in [6.45, 7) is 6.75. The molecule has 4 heteroatoms. The Hall–Kier alpha value is -0.970. The molecule has 0 bridgehead atoms. The molecule has 0 unspecified atom stereocenters. The van der Waals surface area contributed by atoms with E-state index in [9.17, 15) is 0 Å². The van der Waals surface area contributed by atoms with Crippen LogP contribution < -0.4 is 5.73 Å². The van der Waals surface area contributed by atoms with Gasteiger partial charge in [-0.3, -0.25) is 0 Å². The quantitative estimate of drug-likeness (QED) is 0.467. The molecular formula is C19H32N2OS. The fourth-order valence-electron chi connectivity index (χ4n) is 2.45. The van der Waals surface area contributed by atoms with Crippen LogP contribution in [-0.2, 0) is 11.2 Å². The minimum atomic E-state index is 0.709. The van der Waals surface area contributed by atoms with Gasteiger partial charge in [0, 0.05) is 29.5 Å². The van der Waals surface area contributed by atoms with E-state index < -0.39 is 0 Å². The Bertz CT molecular complexity index is 531. The van der Waals surface area contributed by atoms with Gasteiger partial charge in [0.05, 0.1) is 6.61 Å². The van der Waals surface area contributed by atoms with Crippen molar-refractivity contribution in [2.24, 2.45) is 5.73 Å². The van der Waals surface area contributed by atoms with Gasteiger partial charge >= 0.3 is 0 Å². The van der Waals surface area contributed by atoms with Gasteiger partial charge in [-0.25, -0.2) is 0 Å². The van der Waals surface area contributed by atoms with E-state index in [1.165, 1.54) is 47.7 Å². The number of fused-ring (bicyclic) bond motifs is 1. The van der Waals surface area contributed by atoms with Gasteiger partial charge in [0.1, 0.15) is 0 Å². The van der Waals surface area contributed by atoms with Crippen LogP contribution in [0.3, 0.4) is 0 Å². The first-order valence-electron chi connectivity index (χ1n) is 8.68. The average Bonchev–Trinajstić information content (AvgIpc) is 2.94. The third-order valence-corrected chi connectivity index (χ3v) is 3.90. The normalized spacial score (nSPS) is 10.6. The molecule has 130 valence electrons. The molecule has 0 atom stereocenters. The van der Waals surface area contributed by atoms with E-state index in [4.69, 9.17) is 10.5 Å². The number of aryl methyl sites for hydroxylation is 1. The van der Waals surface area contributed by atoms with Gasteiger partial charge in [-0.05, 0) is 44.0 Å². The van der Waals surface area contributed by atoms with Gasteiger partial charge in [0.25, 0.3) is 0 Å². The van der Waals surface area contributed by atoms with Gasteiger partial charge in [-0.2, -0.15) is 12.6 Å². The number of ether oxygens (including phenoxy) is 1. The molecule has 23 heavy (non-hydrogen) atoms. The number of benzene rings is 1. The summed E-state index contributed by atoms with van der Waals surface area (Å²) in [6, 6.07) is 6.44. The van der Waals surface area contributed by atoms with E-state index in [-0.39, 0.29) is 0 Å². The van der Waals surface area contributed by atoms with E-state index >= 15 is 0 Å². The third kappa shape index (κ3) is 7.91. The first-order chi connectivity index (χ1) is 11.2. The molecular weight excluding hydrogens is 304 g/mol. The standard InChI is InChI=1S/C11H14N2.C8H18OS/c1-8-2-3-11-10(6-8)9(4-5-12)7-13-11;1-2-3-4-5-6-9-7-8-10/h2-3,6-7,13H,4-5,12H2,1H3;10H,2-8H2,1H3. The summed E-state index contributed by atoms with van der Waals surface area (Å²) in [5.41, 5.74) is 9.35. The first-order valence-corrected chi connectivity index (χ1v) is 9.31.